The Balaban J connectivity index is 2.40. The summed E-state index contributed by atoms with van der Waals surface area (Å²) in [6, 6.07) is -1.16. The molecule has 1 amide bonds. The number of rotatable bonds is 40. The van der Waals surface area contributed by atoms with E-state index < -0.39 is 74.2 Å². The summed E-state index contributed by atoms with van der Waals surface area (Å²) < 4.78 is 11.1. The molecule has 58 heavy (non-hydrogen) atoms. The number of carbonyl (C=O) groups excluding carboxylic acids is 1. The van der Waals surface area contributed by atoms with Crippen LogP contribution in [0.3, 0.4) is 0 Å². The summed E-state index contributed by atoms with van der Waals surface area (Å²) in [5.74, 6) is 0.104. The van der Waals surface area contributed by atoms with E-state index >= 15 is 0 Å². The molecular formula is C47H93NO10. The van der Waals surface area contributed by atoms with Crippen molar-refractivity contribution in [1.29, 1.82) is 0 Å². The lowest BCUT2D eigenvalue weighted by molar-refractivity contribution is -0.303. The number of ether oxygens (including phenoxy) is 2. The number of nitrogens with one attached hydrogen (secondary N) is 1. The maximum Gasteiger partial charge on any atom is 0.249 e. The predicted molar refractivity (Wildman–Crippen MR) is 233 cm³/mol. The largest absolute Gasteiger partial charge is 0.394 e. The van der Waals surface area contributed by atoms with Crippen LogP contribution in [0.15, 0.2) is 0 Å². The van der Waals surface area contributed by atoms with Crippen LogP contribution < -0.4 is 5.32 Å². The lowest BCUT2D eigenvalue weighted by Crippen LogP contribution is -2.60. The Morgan fingerprint density at radius 2 is 1.00 bits per heavy atom. The number of amides is 1. The summed E-state index contributed by atoms with van der Waals surface area (Å²) in [7, 11) is 0. The van der Waals surface area contributed by atoms with Crippen LogP contribution in [0.25, 0.3) is 0 Å². The molecule has 0 spiro atoms. The van der Waals surface area contributed by atoms with E-state index in [0.717, 1.165) is 44.4 Å². The van der Waals surface area contributed by atoms with Gasteiger partial charge in [-0.3, -0.25) is 4.79 Å². The minimum absolute atomic E-state index is 0.265. The van der Waals surface area contributed by atoms with Gasteiger partial charge in [0.05, 0.1) is 25.4 Å². The summed E-state index contributed by atoms with van der Waals surface area (Å²) in [6.45, 7) is 5.76. The number of hydrogen-bond donors (Lipinski definition) is 8. The van der Waals surface area contributed by atoms with E-state index in [1.54, 1.807) is 0 Å². The number of hydrogen-bond acceptors (Lipinski definition) is 10. The summed E-state index contributed by atoms with van der Waals surface area (Å²) in [6.07, 6.45) is 24.4. The van der Waals surface area contributed by atoms with Gasteiger partial charge in [0, 0.05) is 0 Å². The lowest BCUT2D eigenvalue weighted by atomic mass is 9.98. The fourth-order valence-electron chi connectivity index (χ4n) is 8.01. The Labute approximate surface area is 354 Å². The molecule has 0 aromatic carbocycles. The van der Waals surface area contributed by atoms with Gasteiger partial charge in [0.1, 0.15) is 36.6 Å². The highest BCUT2D eigenvalue weighted by Gasteiger charge is 2.44. The molecule has 1 heterocycles. The maximum absolute atomic E-state index is 13.1. The van der Waals surface area contributed by atoms with Crippen LogP contribution in [0.2, 0.25) is 0 Å². The van der Waals surface area contributed by atoms with Crippen molar-refractivity contribution in [3.63, 3.8) is 0 Å². The molecule has 0 aliphatic carbocycles. The topological polar surface area (TPSA) is 189 Å². The van der Waals surface area contributed by atoms with Crippen LogP contribution in [-0.4, -0.2) is 110 Å². The van der Waals surface area contributed by atoms with Crippen LogP contribution in [0.1, 0.15) is 220 Å². The second kappa shape index (κ2) is 36.7. The molecule has 346 valence electrons. The van der Waals surface area contributed by atoms with Crippen molar-refractivity contribution in [3.8, 4) is 0 Å². The van der Waals surface area contributed by atoms with Gasteiger partial charge in [-0.15, -0.1) is 0 Å². The second-order valence-corrected chi connectivity index (χ2v) is 17.8. The van der Waals surface area contributed by atoms with E-state index in [1.807, 2.05) is 0 Å². The number of aliphatic hydroxyl groups is 7. The fourth-order valence-corrected chi connectivity index (χ4v) is 8.01. The minimum atomic E-state index is -1.66. The van der Waals surface area contributed by atoms with Crippen LogP contribution in [-0.2, 0) is 14.3 Å². The molecule has 0 aromatic heterocycles. The Hall–Kier alpha value is -0.890. The first kappa shape index (κ1) is 55.1. The summed E-state index contributed by atoms with van der Waals surface area (Å²) in [5, 5.41) is 75.7. The van der Waals surface area contributed by atoms with Gasteiger partial charge in [0.15, 0.2) is 6.29 Å². The molecule has 1 fully saturated rings. The Morgan fingerprint density at radius 3 is 1.43 bits per heavy atom. The molecule has 1 rings (SSSR count). The van der Waals surface area contributed by atoms with Crippen LogP contribution in [0.5, 0.6) is 0 Å². The third-order valence-corrected chi connectivity index (χ3v) is 12.5. The quantitative estimate of drug-likeness (QED) is 0.0280. The van der Waals surface area contributed by atoms with Gasteiger partial charge in [-0.2, -0.15) is 0 Å². The van der Waals surface area contributed by atoms with Crippen molar-refractivity contribution in [2.75, 3.05) is 13.2 Å². The molecule has 11 nitrogen and oxygen atoms in total. The molecule has 0 radical (unpaired) electrons. The number of aliphatic hydroxyl groups excluding tert-OH is 7. The van der Waals surface area contributed by atoms with E-state index in [2.05, 4.69) is 26.1 Å². The van der Waals surface area contributed by atoms with Crippen LogP contribution in [0, 0.1) is 5.92 Å². The van der Waals surface area contributed by atoms with E-state index in [1.165, 1.54) is 135 Å². The highest BCUT2D eigenvalue weighted by Crippen LogP contribution is 2.23. The zero-order valence-corrected chi connectivity index (χ0v) is 37.5. The Kier molecular flexibility index (Phi) is 34.9. The molecule has 8 N–H and O–H groups in total. The monoisotopic (exact) mass is 832 g/mol. The van der Waals surface area contributed by atoms with Crippen molar-refractivity contribution in [2.45, 2.75) is 275 Å². The number of carbonyl (C=O) groups is 1. The zero-order chi connectivity index (χ0) is 42.8. The molecule has 10 atom stereocenters. The van der Waals surface area contributed by atoms with Crippen LogP contribution in [0.4, 0.5) is 0 Å². The first-order valence-electron chi connectivity index (χ1n) is 24.3. The highest BCUT2D eigenvalue weighted by molar-refractivity contribution is 5.80. The fraction of sp³-hybridized carbons (Fsp3) is 0.979. The smallest absolute Gasteiger partial charge is 0.249 e. The summed E-state index contributed by atoms with van der Waals surface area (Å²) >= 11 is 0. The second-order valence-electron chi connectivity index (χ2n) is 17.8. The molecule has 0 saturated carbocycles. The van der Waals surface area contributed by atoms with E-state index in [0.29, 0.717) is 19.3 Å². The lowest BCUT2D eigenvalue weighted by Gasteiger charge is -2.40. The molecule has 1 aliphatic rings. The molecule has 11 heteroatoms. The van der Waals surface area contributed by atoms with Crippen molar-refractivity contribution < 1.29 is 50.0 Å². The van der Waals surface area contributed by atoms with E-state index in [-0.39, 0.29) is 6.42 Å². The molecule has 0 bridgehead atoms. The van der Waals surface area contributed by atoms with Crippen molar-refractivity contribution >= 4 is 5.91 Å². The predicted octanol–water partition coefficient (Wildman–Crippen LogP) is 8.14. The van der Waals surface area contributed by atoms with Gasteiger partial charge in [-0.25, -0.2) is 0 Å². The molecule has 0 aromatic rings. The van der Waals surface area contributed by atoms with Crippen molar-refractivity contribution in [2.24, 2.45) is 5.92 Å². The SMILES string of the molecule is CCCCCCCCCCCCCCCCCCCCCC(O)C(=O)NC(COC1OC(CO)C(O)C(O)C1O)C(O)C(O)CCCCCCCCCCC(C)CC. The third-order valence-electron chi connectivity index (χ3n) is 12.5. The Morgan fingerprint density at radius 1 is 0.586 bits per heavy atom. The van der Waals surface area contributed by atoms with Gasteiger partial charge >= 0.3 is 0 Å². The molecule has 1 saturated heterocycles. The third kappa shape index (κ3) is 26.4. The van der Waals surface area contributed by atoms with Crippen molar-refractivity contribution in [1.82, 2.24) is 5.32 Å². The average Bonchev–Trinajstić information content (AvgIpc) is 3.22. The van der Waals surface area contributed by atoms with Gasteiger partial charge in [0.25, 0.3) is 0 Å². The Bertz CT molecular complexity index is 928. The van der Waals surface area contributed by atoms with Gasteiger partial charge in [-0.05, 0) is 18.8 Å². The zero-order valence-electron chi connectivity index (χ0n) is 37.5. The summed E-state index contributed by atoms with van der Waals surface area (Å²) in [4.78, 5) is 13.1. The summed E-state index contributed by atoms with van der Waals surface area (Å²) in [5.41, 5.74) is 0. The van der Waals surface area contributed by atoms with Crippen molar-refractivity contribution in [3.05, 3.63) is 0 Å². The van der Waals surface area contributed by atoms with E-state index in [4.69, 9.17) is 9.47 Å². The molecular weight excluding hydrogens is 739 g/mol. The first-order valence-corrected chi connectivity index (χ1v) is 24.3. The average molecular weight is 832 g/mol. The standard InChI is InChI=1S/C47H93NO10/c1-4-6-7-8-9-10-11-12-13-14-15-16-17-18-19-20-25-28-31-34-40(51)46(56)48-38(36-57-47-45(55)44(54)43(53)41(35-49)58-47)42(52)39(50)33-30-27-24-22-21-23-26-29-32-37(3)5-2/h37-45,47,49-55H,4-36H2,1-3H3,(H,48,56). The number of unbranched alkanes of at least 4 members (excludes halogenated alkanes) is 25. The van der Waals surface area contributed by atoms with Gasteiger partial charge in [-0.1, -0.05) is 207 Å². The molecule has 1 aliphatic heterocycles. The minimum Gasteiger partial charge on any atom is -0.394 e. The van der Waals surface area contributed by atoms with E-state index in [9.17, 15) is 40.5 Å². The van der Waals surface area contributed by atoms with Gasteiger partial charge in [0.2, 0.25) is 5.91 Å². The maximum atomic E-state index is 13.1. The molecule has 10 unspecified atom stereocenters. The first-order chi connectivity index (χ1) is 28.1. The normalized spacial score (nSPS) is 22.4. The van der Waals surface area contributed by atoms with Gasteiger partial charge < -0.3 is 50.5 Å². The highest BCUT2D eigenvalue weighted by atomic mass is 16.7. The van der Waals surface area contributed by atoms with Crippen LogP contribution >= 0.6 is 0 Å².